The second kappa shape index (κ2) is 2.50. The van der Waals surface area contributed by atoms with Crippen molar-refractivity contribution in [2.75, 3.05) is 13.2 Å². The Hall–Kier alpha value is -0.700. The summed E-state index contributed by atoms with van der Waals surface area (Å²) in [5.41, 5.74) is 8.82. The average molecular weight is 142 g/mol. The molecule has 1 aliphatic rings. The smallest absolute Gasteiger partial charge is 0.319 e. The lowest BCUT2D eigenvalue weighted by molar-refractivity contribution is -0.223. The first-order chi connectivity index (χ1) is 4.64. The van der Waals surface area contributed by atoms with Crippen LogP contribution in [0.4, 0.5) is 0 Å². The van der Waals surface area contributed by atoms with Crippen molar-refractivity contribution in [3.63, 3.8) is 0 Å². The molecule has 4 nitrogen and oxygen atoms in total. The largest absolute Gasteiger partial charge is 0.361 e. The molecule has 0 atom stereocenters. The van der Waals surface area contributed by atoms with Gasteiger partial charge in [-0.25, -0.2) is 0 Å². The second-order valence-corrected chi connectivity index (χ2v) is 2.64. The highest BCUT2D eigenvalue weighted by molar-refractivity contribution is 5.81. The number of ether oxygens (including phenoxy) is 2. The van der Waals surface area contributed by atoms with E-state index in [9.17, 15) is 0 Å². The third kappa shape index (κ3) is 1.64. The monoisotopic (exact) mass is 142 g/mol. The van der Waals surface area contributed by atoms with Crippen LogP contribution >= 0.6 is 0 Å². The molecule has 0 spiro atoms. The zero-order chi connectivity index (χ0) is 7.61. The molecule has 1 fully saturated rings. The van der Waals surface area contributed by atoms with E-state index >= 15 is 0 Å². The summed E-state index contributed by atoms with van der Waals surface area (Å²) in [5, 5.41) is 0. The molecule has 1 aliphatic heterocycles. The highest BCUT2D eigenvalue weighted by atomic mass is 16.7. The van der Waals surface area contributed by atoms with Crippen LogP contribution in [0, 0.1) is 0 Å². The minimum Gasteiger partial charge on any atom is -0.361 e. The predicted octanol–water partition coefficient (Wildman–Crippen LogP) is 0.440. The van der Waals surface area contributed by atoms with Crippen LogP contribution in [-0.4, -0.2) is 29.5 Å². The van der Waals surface area contributed by atoms with E-state index in [1.54, 1.807) is 0 Å². The molecule has 4 heteroatoms. The number of hydrogen-bond acceptors (Lipinski definition) is 2. The molecular weight excluding hydrogens is 132 g/mol. The minimum absolute atomic E-state index is 0.351. The van der Waals surface area contributed by atoms with Gasteiger partial charge in [-0.3, -0.25) is 0 Å². The summed E-state index contributed by atoms with van der Waals surface area (Å²) in [7, 11) is 0. The molecule has 0 saturated carbocycles. The van der Waals surface area contributed by atoms with E-state index in [1.165, 1.54) is 0 Å². The van der Waals surface area contributed by atoms with Gasteiger partial charge in [-0.1, -0.05) is 0 Å². The van der Waals surface area contributed by atoms with Crippen LogP contribution in [0.15, 0.2) is 0 Å². The minimum atomic E-state index is -0.534. The molecule has 1 rings (SSSR count). The first kappa shape index (κ1) is 7.41. The fraction of sp³-hybridized carbons (Fsp3) is 0.833. The van der Waals surface area contributed by atoms with Gasteiger partial charge in [0.1, 0.15) is 13.2 Å². The van der Waals surface area contributed by atoms with Gasteiger partial charge >= 0.3 is 5.71 Å². The van der Waals surface area contributed by atoms with Crippen molar-refractivity contribution in [2.24, 2.45) is 0 Å². The summed E-state index contributed by atoms with van der Waals surface area (Å²) in [6, 6.07) is 0. The van der Waals surface area contributed by atoms with E-state index in [0.717, 1.165) is 0 Å². The zero-order valence-electron chi connectivity index (χ0n) is 6.13. The third-order valence-corrected chi connectivity index (χ3v) is 1.31. The Labute approximate surface area is 59.4 Å². The maximum atomic E-state index is 8.29. The van der Waals surface area contributed by atoms with E-state index in [0.29, 0.717) is 18.9 Å². The molecule has 0 aliphatic carbocycles. The summed E-state index contributed by atoms with van der Waals surface area (Å²) < 4.78 is 10.3. The molecule has 0 radical (unpaired) electrons. The van der Waals surface area contributed by atoms with Crippen molar-refractivity contribution in [2.45, 2.75) is 19.6 Å². The second-order valence-electron chi connectivity index (χ2n) is 2.64. The van der Waals surface area contributed by atoms with Gasteiger partial charge in [0.05, 0.1) is 0 Å². The fourth-order valence-corrected chi connectivity index (χ4v) is 0.655. The van der Waals surface area contributed by atoms with E-state index in [4.69, 9.17) is 15.0 Å². The number of hydrogen-bond donors (Lipinski definition) is 0. The van der Waals surface area contributed by atoms with Crippen LogP contribution in [0.25, 0.3) is 5.53 Å². The lowest BCUT2D eigenvalue weighted by Gasteiger charge is -2.27. The van der Waals surface area contributed by atoms with Crippen LogP contribution in [0.3, 0.4) is 0 Å². The molecule has 1 saturated heterocycles. The van der Waals surface area contributed by atoms with Gasteiger partial charge in [0.25, 0.3) is 0 Å². The Bertz CT molecular complexity index is 170. The SMILES string of the molecule is CC1(C)OCC(=[N+]=[N-])CO1. The first-order valence-electron chi connectivity index (χ1n) is 3.12. The summed E-state index contributed by atoms with van der Waals surface area (Å²) in [4.78, 5) is 2.98. The molecule has 0 N–H and O–H groups in total. The van der Waals surface area contributed by atoms with Gasteiger partial charge in [-0.05, 0) is 13.8 Å². The van der Waals surface area contributed by atoms with Gasteiger partial charge < -0.3 is 15.0 Å². The van der Waals surface area contributed by atoms with E-state index in [1.807, 2.05) is 13.8 Å². The Balaban J connectivity index is 2.54. The van der Waals surface area contributed by atoms with E-state index in [-0.39, 0.29) is 0 Å². The van der Waals surface area contributed by atoms with Gasteiger partial charge in [0, 0.05) is 0 Å². The van der Waals surface area contributed by atoms with Gasteiger partial charge in [-0.15, -0.1) is 0 Å². The molecule has 0 amide bonds. The maximum Gasteiger partial charge on any atom is 0.319 e. The fourth-order valence-electron chi connectivity index (χ4n) is 0.655. The van der Waals surface area contributed by atoms with Crippen LogP contribution in [0.5, 0.6) is 0 Å². The van der Waals surface area contributed by atoms with E-state index < -0.39 is 5.79 Å². The lowest BCUT2D eigenvalue weighted by atomic mass is 10.3. The van der Waals surface area contributed by atoms with Crippen molar-refractivity contribution in [1.82, 2.24) is 0 Å². The summed E-state index contributed by atoms with van der Waals surface area (Å²) in [6.07, 6.45) is 0. The van der Waals surface area contributed by atoms with Crippen molar-refractivity contribution >= 4 is 5.71 Å². The molecule has 1 heterocycles. The van der Waals surface area contributed by atoms with Crippen LogP contribution in [0.2, 0.25) is 0 Å². The molecule has 0 aromatic heterocycles. The van der Waals surface area contributed by atoms with Crippen molar-refractivity contribution in [1.29, 1.82) is 0 Å². The summed E-state index contributed by atoms with van der Waals surface area (Å²) >= 11 is 0. The Morgan fingerprint density at radius 2 is 1.90 bits per heavy atom. The normalized spacial score (nSPS) is 24.0. The highest BCUT2D eigenvalue weighted by Gasteiger charge is 2.29. The zero-order valence-corrected chi connectivity index (χ0v) is 6.13. The molecule has 0 aromatic rings. The van der Waals surface area contributed by atoms with Gasteiger partial charge in [0.2, 0.25) is 0 Å². The van der Waals surface area contributed by atoms with Crippen molar-refractivity contribution in [3.05, 3.63) is 5.53 Å². The average Bonchev–Trinajstić information content (AvgIpc) is 1.88. The molecule has 10 heavy (non-hydrogen) atoms. The molecule has 0 bridgehead atoms. The van der Waals surface area contributed by atoms with Crippen molar-refractivity contribution < 1.29 is 14.3 Å². The maximum absolute atomic E-state index is 8.29. The van der Waals surface area contributed by atoms with E-state index in [2.05, 4.69) is 4.79 Å². The van der Waals surface area contributed by atoms with Crippen LogP contribution in [0.1, 0.15) is 13.8 Å². The quantitative estimate of drug-likeness (QED) is 0.364. The lowest BCUT2D eigenvalue weighted by Crippen LogP contribution is -2.39. The molecule has 0 aromatic carbocycles. The molecule has 56 valence electrons. The predicted molar refractivity (Wildman–Crippen MR) is 34.6 cm³/mol. The van der Waals surface area contributed by atoms with Gasteiger partial charge in [0.15, 0.2) is 5.79 Å². The number of rotatable bonds is 0. The Morgan fingerprint density at radius 1 is 1.40 bits per heavy atom. The van der Waals surface area contributed by atoms with Crippen LogP contribution in [-0.2, 0) is 9.47 Å². The van der Waals surface area contributed by atoms with Crippen LogP contribution < -0.4 is 0 Å². The molecular formula is C6H10N2O2. The Morgan fingerprint density at radius 3 is 2.30 bits per heavy atom. The van der Waals surface area contributed by atoms with Crippen molar-refractivity contribution in [3.8, 4) is 0 Å². The highest BCUT2D eigenvalue weighted by Crippen LogP contribution is 2.14. The summed E-state index contributed by atoms with van der Waals surface area (Å²) in [5.74, 6) is -0.534. The Kier molecular flexibility index (Phi) is 1.85. The topological polar surface area (TPSA) is 54.9 Å². The van der Waals surface area contributed by atoms with Gasteiger partial charge in [-0.2, -0.15) is 4.79 Å². The summed E-state index contributed by atoms with van der Waals surface area (Å²) in [6.45, 7) is 4.34. The third-order valence-electron chi connectivity index (χ3n) is 1.31. The number of nitrogens with zero attached hydrogens (tertiary/aromatic N) is 2. The standard InChI is InChI=1S/C6H10N2O2/c1-6(2)9-3-5(8-7)4-10-6/h3-4H2,1-2H3. The molecule has 0 unspecified atom stereocenters. The first-order valence-corrected chi connectivity index (χ1v) is 3.12.